The Balaban J connectivity index is 1.34. The molecule has 48 heavy (non-hydrogen) atoms. The molecule has 6 rings (SSSR count). The molecule has 256 valence electrons. The molecule has 0 radical (unpaired) electrons. The highest BCUT2D eigenvalue weighted by Gasteiger charge is 2.62. The molecule has 2 heterocycles. The van der Waals surface area contributed by atoms with Crippen molar-refractivity contribution in [3.63, 3.8) is 0 Å². The van der Waals surface area contributed by atoms with Crippen molar-refractivity contribution in [2.75, 3.05) is 13.7 Å². The van der Waals surface area contributed by atoms with Crippen molar-refractivity contribution in [3.05, 3.63) is 72.3 Å². The average molecular weight is 679 g/mol. The van der Waals surface area contributed by atoms with Gasteiger partial charge < -0.3 is 25.4 Å². The summed E-state index contributed by atoms with van der Waals surface area (Å²) in [4.78, 5) is 55.2. The molecule has 1 saturated heterocycles. The molecule has 4 N–H and O–H groups in total. The highest BCUT2D eigenvalue weighted by molar-refractivity contribution is 7.91. The van der Waals surface area contributed by atoms with Crippen molar-refractivity contribution in [1.82, 2.24) is 20.3 Å². The monoisotopic (exact) mass is 678 g/mol. The van der Waals surface area contributed by atoms with Crippen LogP contribution >= 0.6 is 0 Å². The van der Waals surface area contributed by atoms with Crippen molar-refractivity contribution in [2.24, 2.45) is 5.92 Å². The molecule has 0 unspecified atom stereocenters. The number of nitrogens with one attached hydrogen (secondary N) is 3. The molecule has 0 bridgehead atoms. The van der Waals surface area contributed by atoms with Gasteiger partial charge in [-0.3, -0.25) is 19.1 Å². The molecule has 12 nitrogen and oxygen atoms in total. The van der Waals surface area contributed by atoms with Gasteiger partial charge in [0.15, 0.2) is 0 Å². The number of benzene rings is 2. The number of carbonyl (C=O) groups excluding carboxylic acids is 3. The zero-order valence-corrected chi connectivity index (χ0v) is 27.7. The summed E-state index contributed by atoms with van der Waals surface area (Å²) < 4.78 is 33.8. The maximum absolute atomic E-state index is 14.3. The first-order chi connectivity index (χ1) is 23.0. The van der Waals surface area contributed by atoms with Gasteiger partial charge in [-0.1, -0.05) is 79.6 Å². The van der Waals surface area contributed by atoms with Crippen LogP contribution in [0.3, 0.4) is 0 Å². The van der Waals surface area contributed by atoms with Crippen LogP contribution in [0.1, 0.15) is 63.4 Å². The van der Waals surface area contributed by atoms with Gasteiger partial charge >= 0.3 is 6.09 Å². The second kappa shape index (κ2) is 13.3. The summed E-state index contributed by atoms with van der Waals surface area (Å²) in [5.41, 5.74) is 0.0931. The Bertz CT molecular complexity index is 1690. The Labute approximate surface area is 280 Å². The van der Waals surface area contributed by atoms with E-state index >= 15 is 0 Å². The van der Waals surface area contributed by atoms with Crippen LogP contribution in [-0.2, 0) is 34.7 Å². The van der Waals surface area contributed by atoms with Crippen LogP contribution in [0, 0.1) is 5.92 Å². The molecule has 13 heteroatoms. The largest absolute Gasteiger partial charge is 0.465 e. The average Bonchev–Trinajstić information content (AvgIpc) is 4.00. The molecule has 0 aromatic heterocycles. The van der Waals surface area contributed by atoms with Gasteiger partial charge in [0.2, 0.25) is 21.8 Å². The number of fused-ring (bicyclic) bond motifs is 2. The van der Waals surface area contributed by atoms with Gasteiger partial charge in [0.1, 0.15) is 23.2 Å². The Morgan fingerprint density at radius 2 is 1.67 bits per heavy atom. The van der Waals surface area contributed by atoms with Gasteiger partial charge in [0.25, 0.3) is 5.91 Å². The second-order valence-electron chi connectivity index (χ2n) is 13.3. The predicted octanol–water partition coefficient (Wildman–Crippen LogP) is 3.44. The lowest BCUT2D eigenvalue weighted by atomic mass is 9.89. The molecular weight excluding hydrogens is 636 g/mol. The number of carboxylic acid groups (broad SMARTS) is 1. The molecule has 2 saturated carbocycles. The fourth-order valence-electron chi connectivity index (χ4n) is 7.03. The maximum Gasteiger partial charge on any atom is 0.405 e. The van der Waals surface area contributed by atoms with Crippen molar-refractivity contribution in [2.45, 2.75) is 86.3 Å². The van der Waals surface area contributed by atoms with E-state index in [9.17, 15) is 32.7 Å². The molecule has 3 fully saturated rings. The van der Waals surface area contributed by atoms with Gasteiger partial charge in [-0.2, -0.15) is 0 Å². The third-order valence-electron chi connectivity index (χ3n) is 10.1. The lowest BCUT2D eigenvalue weighted by Crippen LogP contribution is -2.58. The fraction of sp³-hybridized carbons (Fsp3) is 0.486. The van der Waals surface area contributed by atoms with Crippen molar-refractivity contribution in [1.29, 1.82) is 0 Å². The molecule has 0 spiro atoms. The summed E-state index contributed by atoms with van der Waals surface area (Å²) in [6, 6.07) is 15.3. The molecule has 4 amide bonds. The topological polar surface area (TPSA) is 171 Å². The first kappa shape index (κ1) is 33.7. The van der Waals surface area contributed by atoms with E-state index in [0.29, 0.717) is 25.7 Å². The minimum Gasteiger partial charge on any atom is -0.465 e. The van der Waals surface area contributed by atoms with Crippen LogP contribution in [0.25, 0.3) is 11.1 Å². The van der Waals surface area contributed by atoms with Gasteiger partial charge in [-0.05, 0) is 55.2 Å². The van der Waals surface area contributed by atoms with Crippen LogP contribution in [-0.4, -0.2) is 78.8 Å². The summed E-state index contributed by atoms with van der Waals surface area (Å²) in [6.07, 6.45) is 6.64. The highest BCUT2D eigenvalue weighted by Crippen LogP contribution is 2.47. The summed E-state index contributed by atoms with van der Waals surface area (Å²) in [5.74, 6) is -2.42. The van der Waals surface area contributed by atoms with Crippen LogP contribution in [0.4, 0.5) is 4.79 Å². The number of nitrogens with zero attached hydrogens (tertiary/aromatic N) is 1. The Hall–Kier alpha value is -4.23. The lowest BCUT2D eigenvalue weighted by Gasteiger charge is -2.30. The lowest BCUT2D eigenvalue weighted by molar-refractivity contribution is -0.141. The molecule has 2 aromatic carbocycles. The van der Waals surface area contributed by atoms with E-state index in [2.05, 4.69) is 15.4 Å². The van der Waals surface area contributed by atoms with Crippen molar-refractivity contribution < 1.29 is 37.4 Å². The number of amides is 4. The van der Waals surface area contributed by atoms with E-state index in [0.717, 1.165) is 29.5 Å². The summed E-state index contributed by atoms with van der Waals surface area (Å²) in [7, 11) is -2.37. The quantitative estimate of drug-likeness (QED) is 0.323. The number of hydrogen-bond donors (Lipinski definition) is 4. The number of sulfonamides is 1. The Kier molecular flexibility index (Phi) is 9.36. The van der Waals surface area contributed by atoms with E-state index in [1.807, 2.05) is 66.7 Å². The van der Waals surface area contributed by atoms with Crippen LogP contribution in [0.2, 0.25) is 0 Å². The third-order valence-corrected chi connectivity index (χ3v) is 11.9. The standard InChI is InChI=1S/C35H42N4O8S/c1-47-34(25-16-14-24(15-17-25)23-10-6-5-7-11-23)21-29-30(40)37-35(32(42)38-48(45,46)27-18-19-27)20-26(35)12-8-3-2-4-9-13-28(36-33(43)44)31(41)39(29)22-34/h5-8,10-12,14-17,26-29,36H,2-4,9,13,18-22H2,1H3,(H,37,40)(H,38,42)(H,43,44)/t26-,28+,29+,34+,35-/m1/s1. The molecule has 2 aromatic rings. The third kappa shape index (κ3) is 6.84. The zero-order chi connectivity index (χ0) is 34.1. The van der Waals surface area contributed by atoms with Crippen LogP contribution in [0.5, 0.6) is 0 Å². The Morgan fingerprint density at radius 3 is 2.33 bits per heavy atom. The summed E-state index contributed by atoms with van der Waals surface area (Å²) >= 11 is 0. The van der Waals surface area contributed by atoms with E-state index in [1.54, 1.807) is 0 Å². The summed E-state index contributed by atoms with van der Waals surface area (Å²) in [5, 5.41) is 14.2. The number of rotatable bonds is 7. The number of hydrogen-bond acceptors (Lipinski definition) is 7. The Morgan fingerprint density at radius 1 is 0.958 bits per heavy atom. The number of allylic oxidation sites excluding steroid dienone is 1. The van der Waals surface area contributed by atoms with Crippen molar-refractivity contribution >= 4 is 33.8 Å². The minimum absolute atomic E-state index is 0.0319. The van der Waals surface area contributed by atoms with Gasteiger partial charge in [0.05, 0.1) is 11.8 Å². The fourth-order valence-corrected chi connectivity index (χ4v) is 8.40. The van der Waals surface area contributed by atoms with E-state index in [1.165, 1.54) is 12.0 Å². The zero-order valence-electron chi connectivity index (χ0n) is 26.9. The number of carbonyl (C=O) groups is 4. The van der Waals surface area contributed by atoms with Gasteiger partial charge in [-0.15, -0.1) is 0 Å². The minimum atomic E-state index is -3.88. The first-order valence-electron chi connectivity index (χ1n) is 16.5. The molecule has 2 aliphatic carbocycles. The van der Waals surface area contributed by atoms with E-state index in [4.69, 9.17) is 4.74 Å². The van der Waals surface area contributed by atoms with E-state index in [-0.39, 0.29) is 25.8 Å². The second-order valence-corrected chi connectivity index (χ2v) is 15.3. The molecular formula is C35H42N4O8S. The SMILES string of the molecule is CO[C@@]1(c2ccc(-c3ccccc3)cc2)C[C@H]2C(=O)N[C@]3(C(=O)NS(=O)(=O)C4CC4)C[C@H]3C=CCCCCC[C@H](NC(=O)O)C(=O)N2C1. The van der Waals surface area contributed by atoms with Crippen molar-refractivity contribution in [3.8, 4) is 11.1 Å². The summed E-state index contributed by atoms with van der Waals surface area (Å²) in [6.45, 7) is -0.0402. The first-order valence-corrected chi connectivity index (χ1v) is 18.1. The van der Waals surface area contributed by atoms with E-state index < -0.39 is 68.2 Å². The van der Waals surface area contributed by atoms with Gasteiger partial charge in [-0.25, -0.2) is 13.2 Å². The van der Waals surface area contributed by atoms with Crippen LogP contribution in [0.15, 0.2) is 66.7 Å². The smallest absolute Gasteiger partial charge is 0.405 e. The molecule has 5 atom stereocenters. The highest BCUT2D eigenvalue weighted by atomic mass is 32.2. The maximum atomic E-state index is 14.3. The number of ether oxygens (including phenoxy) is 1. The van der Waals surface area contributed by atoms with Crippen LogP contribution < -0.4 is 15.4 Å². The van der Waals surface area contributed by atoms with Gasteiger partial charge in [0, 0.05) is 19.4 Å². The molecule has 4 aliphatic rings. The predicted molar refractivity (Wildman–Crippen MR) is 177 cm³/mol. The normalized spacial score (nSPS) is 29.4. The molecule has 2 aliphatic heterocycles. The number of methoxy groups -OCH3 is 1.